The molecular weight excluding hydrogens is 715 g/mol. The van der Waals surface area contributed by atoms with Gasteiger partial charge in [0.1, 0.15) is 0 Å². The molecule has 10 rings (SSSR count). The van der Waals surface area contributed by atoms with E-state index in [2.05, 4.69) is 211 Å². The molecule has 0 saturated carbocycles. The summed E-state index contributed by atoms with van der Waals surface area (Å²) in [6.45, 7) is 0. The van der Waals surface area contributed by atoms with Gasteiger partial charge in [0.05, 0.1) is 33.8 Å². The van der Waals surface area contributed by atoms with Gasteiger partial charge >= 0.3 is 0 Å². The molecule has 0 spiro atoms. The quantitative estimate of drug-likeness (QED) is 0.147. The summed E-state index contributed by atoms with van der Waals surface area (Å²) in [7, 11) is 0. The smallest absolute Gasteiger partial charge is 0.0973 e. The number of benzene rings is 9. The van der Waals surface area contributed by atoms with E-state index in [0.717, 1.165) is 95.1 Å². The Morgan fingerprint density at radius 3 is 1.00 bits per heavy atom. The third kappa shape index (κ3) is 6.96. The second-order valence-electron chi connectivity index (χ2n) is 14.5. The van der Waals surface area contributed by atoms with E-state index in [9.17, 15) is 0 Å². The summed E-state index contributed by atoms with van der Waals surface area (Å²) in [6.07, 6.45) is 0. The maximum Gasteiger partial charge on any atom is 0.0973 e. The van der Waals surface area contributed by atoms with E-state index in [4.69, 9.17) is 9.97 Å². The predicted molar refractivity (Wildman–Crippen MR) is 247 cm³/mol. The SMILES string of the molecule is c1ccc(-c2cccc(N(c3ccc(-c4nc5ccccc5nc4-c4ccccc4)cc3)c3cccc(-c4ccccc4)c3-c3ccccc3)c2-c2ccccc2)cc1. The van der Waals surface area contributed by atoms with Crippen LogP contribution in [0.2, 0.25) is 0 Å². The van der Waals surface area contributed by atoms with Gasteiger partial charge in [0.2, 0.25) is 0 Å². The van der Waals surface area contributed by atoms with Crippen molar-refractivity contribution >= 4 is 28.1 Å². The van der Waals surface area contributed by atoms with Crippen LogP contribution in [0.1, 0.15) is 0 Å². The van der Waals surface area contributed by atoms with E-state index in [1.54, 1.807) is 0 Å². The van der Waals surface area contributed by atoms with Gasteiger partial charge in [-0.1, -0.05) is 200 Å². The molecule has 0 saturated heterocycles. The van der Waals surface area contributed by atoms with E-state index in [1.807, 2.05) is 30.3 Å². The molecule has 1 aromatic heterocycles. The highest BCUT2D eigenvalue weighted by Crippen LogP contribution is 2.50. The third-order valence-electron chi connectivity index (χ3n) is 10.9. The van der Waals surface area contributed by atoms with Crippen molar-refractivity contribution in [3.8, 4) is 67.0 Å². The fraction of sp³-hybridized carbons (Fsp3) is 0. The molecule has 0 radical (unpaired) electrons. The molecule has 0 aliphatic heterocycles. The zero-order chi connectivity index (χ0) is 39.4. The van der Waals surface area contributed by atoms with E-state index >= 15 is 0 Å². The van der Waals surface area contributed by atoms with Crippen LogP contribution in [0, 0.1) is 0 Å². The number of nitrogens with zero attached hydrogens (tertiary/aromatic N) is 3. The molecular formula is C56H39N3. The molecule has 3 heteroatoms. The number of para-hydroxylation sites is 2. The van der Waals surface area contributed by atoms with Crippen molar-refractivity contribution < 1.29 is 0 Å². The van der Waals surface area contributed by atoms with Crippen LogP contribution in [0.3, 0.4) is 0 Å². The lowest BCUT2D eigenvalue weighted by Crippen LogP contribution is -2.13. The largest absolute Gasteiger partial charge is 0.309 e. The fourth-order valence-corrected chi connectivity index (χ4v) is 8.16. The van der Waals surface area contributed by atoms with Crippen molar-refractivity contribution in [3.63, 3.8) is 0 Å². The number of hydrogen-bond acceptors (Lipinski definition) is 3. The maximum atomic E-state index is 5.23. The third-order valence-corrected chi connectivity index (χ3v) is 10.9. The monoisotopic (exact) mass is 753 g/mol. The summed E-state index contributed by atoms with van der Waals surface area (Å²) in [5.74, 6) is 0. The molecule has 1 heterocycles. The van der Waals surface area contributed by atoms with E-state index in [0.29, 0.717) is 0 Å². The minimum absolute atomic E-state index is 0.847. The Hall–Kier alpha value is -7.88. The summed E-state index contributed by atoms with van der Waals surface area (Å²) in [5, 5.41) is 0. The summed E-state index contributed by atoms with van der Waals surface area (Å²) in [6, 6.07) is 83.6. The Labute approximate surface area is 345 Å². The molecule has 0 atom stereocenters. The number of rotatable bonds is 9. The molecule has 10 aromatic rings. The Kier molecular flexibility index (Phi) is 9.59. The molecule has 0 aliphatic rings. The Bertz CT molecular complexity index is 2880. The van der Waals surface area contributed by atoms with Crippen LogP contribution < -0.4 is 4.90 Å². The number of hydrogen-bond donors (Lipinski definition) is 0. The van der Waals surface area contributed by atoms with Crippen LogP contribution in [-0.4, -0.2) is 9.97 Å². The second kappa shape index (κ2) is 15.9. The Balaban J connectivity index is 1.24. The van der Waals surface area contributed by atoms with Gasteiger partial charge in [0.25, 0.3) is 0 Å². The van der Waals surface area contributed by atoms with Crippen LogP contribution in [0.15, 0.2) is 237 Å². The van der Waals surface area contributed by atoms with E-state index in [1.165, 1.54) is 0 Å². The van der Waals surface area contributed by atoms with Gasteiger partial charge in [-0.15, -0.1) is 0 Å². The lowest BCUT2D eigenvalue weighted by molar-refractivity contribution is 1.27. The first-order valence-electron chi connectivity index (χ1n) is 20.0. The molecule has 0 bridgehead atoms. The second-order valence-corrected chi connectivity index (χ2v) is 14.5. The highest BCUT2D eigenvalue weighted by molar-refractivity contribution is 6.02. The lowest BCUT2D eigenvalue weighted by atomic mass is 9.90. The zero-order valence-corrected chi connectivity index (χ0v) is 32.4. The van der Waals surface area contributed by atoms with Crippen LogP contribution in [-0.2, 0) is 0 Å². The molecule has 0 unspecified atom stereocenters. The molecule has 3 nitrogen and oxygen atoms in total. The van der Waals surface area contributed by atoms with Gasteiger partial charge in [-0.2, -0.15) is 0 Å². The van der Waals surface area contributed by atoms with Gasteiger partial charge in [-0.05, 0) is 69.8 Å². The number of aromatic nitrogens is 2. The van der Waals surface area contributed by atoms with Crippen molar-refractivity contribution in [2.45, 2.75) is 0 Å². The topological polar surface area (TPSA) is 29.0 Å². The van der Waals surface area contributed by atoms with Gasteiger partial charge < -0.3 is 4.90 Å². The van der Waals surface area contributed by atoms with Gasteiger partial charge in [0, 0.05) is 27.9 Å². The highest BCUT2D eigenvalue weighted by Gasteiger charge is 2.25. The summed E-state index contributed by atoms with van der Waals surface area (Å²) >= 11 is 0. The van der Waals surface area contributed by atoms with Gasteiger partial charge in [0.15, 0.2) is 0 Å². The molecule has 0 N–H and O–H groups in total. The number of fused-ring (bicyclic) bond motifs is 1. The molecule has 9 aromatic carbocycles. The standard InChI is InChI=1S/C56H39N3/c1-6-20-40(21-7-1)47-30-18-34-51(53(47)42-24-10-3-11-25-42)59(52-35-19-31-48(41-22-8-2-9-23-41)54(52)43-26-12-4-13-27-43)46-38-36-45(37-39-46)56-55(44-28-14-5-15-29-44)57-49-32-16-17-33-50(49)58-56/h1-39H. The van der Waals surface area contributed by atoms with E-state index < -0.39 is 0 Å². The Morgan fingerprint density at radius 1 is 0.254 bits per heavy atom. The van der Waals surface area contributed by atoms with Crippen molar-refractivity contribution in [3.05, 3.63) is 237 Å². The molecule has 0 fully saturated rings. The average molecular weight is 754 g/mol. The summed E-state index contributed by atoms with van der Waals surface area (Å²) < 4.78 is 0. The fourth-order valence-electron chi connectivity index (χ4n) is 8.16. The van der Waals surface area contributed by atoms with E-state index in [-0.39, 0.29) is 0 Å². The van der Waals surface area contributed by atoms with Crippen molar-refractivity contribution in [2.75, 3.05) is 4.90 Å². The minimum atomic E-state index is 0.847. The average Bonchev–Trinajstić information content (AvgIpc) is 3.32. The lowest BCUT2D eigenvalue weighted by Gasteiger charge is -2.32. The van der Waals surface area contributed by atoms with Crippen LogP contribution in [0.5, 0.6) is 0 Å². The summed E-state index contributed by atoms with van der Waals surface area (Å²) in [4.78, 5) is 12.8. The first-order valence-corrected chi connectivity index (χ1v) is 20.0. The van der Waals surface area contributed by atoms with Crippen molar-refractivity contribution in [1.82, 2.24) is 9.97 Å². The molecule has 59 heavy (non-hydrogen) atoms. The Morgan fingerprint density at radius 2 is 0.593 bits per heavy atom. The predicted octanol–water partition coefficient (Wildman–Crippen LogP) is 15.1. The van der Waals surface area contributed by atoms with Gasteiger partial charge in [-0.25, -0.2) is 9.97 Å². The summed E-state index contributed by atoms with van der Waals surface area (Å²) in [5.41, 5.74) is 17.9. The molecule has 278 valence electrons. The van der Waals surface area contributed by atoms with Crippen LogP contribution >= 0.6 is 0 Å². The first-order chi connectivity index (χ1) is 29.3. The van der Waals surface area contributed by atoms with Gasteiger partial charge in [-0.3, -0.25) is 0 Å². The van der Waals surface area contributed by atoms with Crippen molar-refractivity contribution in [1.29, 1.82) is 0 Å². The zero-order valence-electron chi connectivity index (χ0n) is 32.4. The maximum absolute atomic E-state index is 5.23. The molecule has 0 amide bonds. The number of anilines is 3. The highest BCUT2D eigenvalue weighted by atomic mass is 15.1. The first kappa shape index (κ1) is 35.5. The minimum Gasteiger partial charge on any atom is -0.309 e. The van der Waals surface area contributed by atoms with Crippen molar-refractivity contribution in [2.24, 2.45) is 0 Å². The molecule has 0 aliphatic carbocycles. The normalized spacial score (nSPS) is 11.1. The van der Waals surface area contributed by atoms with Crippen LogP contribution in [0.25, 0.3) is 78.1 Å². The van der Waals surface area contributed by atoms with Crippen LogP contribution in [0.4, 0.5) is 17.1 Å².